The smallest absolute Gasteiger partial charge is 0.284 e. The second-order valence-corrected chi connectivity index (χ2v) is 11.2. The molecule has 0 spiro atoms. The first kappa shape index (κ1) is 29.2. The molecule has 2 aromatic carbocycles. The van der Waals surface area contributed by atoms with Crippen molar-refractivity contribution >= 4 is 41.3 Å². The van der Waals surface area contributed by atoms with Crippen LogP contribution in [0.25, 0.3) is 0 Å². The largest absolute Gasteiger partial charge is 0.488 e. The maximum Gasteiger partial charge on any atom is 0.284 e. The topological polar surface area (TPSA) is 169 Å². The Balaban J connectivity index is 1.43. The normalized spacial score (nSPS) is 27.4. The minimum absolute atomic E-state index is 0.106. The summed E-state index contributed by atoms with van der Waals surface area (Å²) in [7, 11) is 3.30. The van der Waals surface area contributed by atoms with E-state index < -0.39 is 51.5 Å². The summed E-state index contributed by atoms with van der Waals surface area (Å²) in [5, 5.41) is 44.8. The van der Waals surface area contributed by atoms with Gasteiger partial charge in [0.2, 0.25) is 11.6 Å². The molecule has 3 aliphatic rings. The van der Waals surface area contributed by atoms with Gasteiger partial charge in [-0.3, -0.25) is 24.6 Å². The highest BCUT2D eigenvalue weighted by atomic mass is 19.1. The van der Waals surface area contributed by atoms with Crippen LogP contribution in [-0.4, -0.2) is 109 Å². The molecule has 3 aliphatic heterocycles. The maximum atomic E-state index is 15.0. The summed E-state index contributed by atoms with van der Waals surface area (Å²) in [5.41, 5.74) is -5.41. The Morgan fingerprint density at radius 1 is 1.00 bits per heavy atom. The van der Waals surface area contributed by atoms with Crippen molar-refractivity contribution in [3.8, 4) is 5.75 Å². The molecular formula is C25H29B3FN3O9. The van der Waals surface area contributed by atoms with E-state index >= 15 is 0 Å². The van der Waals surface area contributed by atoms with E-state index in [0.717, 1.165) is 42.2 Å². The van der Waals surface area contributed by atoms with Crippen molar-refractivity contribution in [1.29, 1.82) is 0 Å². The van der Waals surface area contributed by atoms with E-state index in [-0.39, 0.29) is 28.4 Å². The molecule has 2 fully saturated rings. The number of nitrogens with one attached hydrogen (secondary N) is 1. The molecule has 2 saturated heterocycles. The maximum absolute atomic E-state index is 15.0. The van der Waals surface area contributed by atoms with E-state index in [4.69, 9.17) is 9.47 Å². The molecule has 0 aromatic heterocycles. The van der Waals surface area contributed by atoms with Gasteiger partial charge in [-0.15, -0.1) is 0 Å². The summed E-state index contributed by atoms with van der Waals surface area (Å²) < 4.78 is 26.0. The van der Waals surface area contributed by atoms with E-state index in [1.165, 1.54) is 24.3 Å². The lowest BCUT2D eigenvalue weighted by Gasteiger charge is -2.57. The van der Waals surface area contributed by atoms with Crippen LogP contribution in [0.3, 0.4) is 0 Å². The standard InChI is InChI=1S/C25H29B3FN3O9/c26-22(36)20(34)30-21(35)23(37,25(22,27)28)32-19(33)15-2-1-3-17(18(15)24(32,38)39)41-12-14-5-4-13(10-16(14)29)11-31-6-8-40-9-7-31/h1-5,10,36-39H,6-9,11-12,26-28H2,(H,30,34,35). The molecule has 2 atom stereocenters. The van der Waals surface area contributed by atoms with Crippen molar-refractivity contribution in [2.75, 3.05) is 26.3 Å². The number of fused-ring (bicyclic) bond motifs is 1. The predicted octanol–water partition coefficient (Wildman–Crippen LogP) is -4.16. The fourth-order valence-electron chi connectivity index (χ4n) is 5.50. The van der Waals surface area contributed by atoms with Crippen molar-refractivity contribution in [1.82, 2.24) is 15.1 Å². The molecule has 41 heavy (non-hydrogen) atoms. The number of halogens is 1. The van der Waals surface area contributed by atoms with Gasteiger partial charge in [-0.05, 0) is 29.0 Å². The molecule has 2 unspecified atom stereocenters. The third kappa shape index (κ3) is 4.37. The van der Waals surface area contributed by atoms with Gasteiger partial charge in [0.15, 0.2) is 7.85 Å². The predicted molar refractivity (Wildman–Crippen MR) is 147 cm³/mol. The van der Waals surface area contributed by atoms with Crippen LogP contribution in [0.2, 0.25) is 5.21 Å². The number of ether oxygens (including phenoxy) is 2. The third-order valence-electron chi connectivity index (χ3n) is 8.52. The first-order valence-corrected chi connectivity index (χ1v) is 13.1. The quantitative estimate of drug-likeness (QED) is 0.131. The van der Waals surface area contributed by atoms with Gasteiger partial charge in [-0.25, -0.2) is 9.29 Å². The average molecular weight is 567 g/mol. The number of hydrogen-bond acceptors (Lipinski definition) is 10. The summed E-state index contributed by atoms with van der Waals surface area (Å²) in [6.07, 6.45) is 0. The van der Waals surface area contributed by atoms with Crippen LogP contribution in [0.15, 0.2) is 36.4 Å². The van der Waals surface area contributed by atoms with Crippen molar-refractivity contribution < 1.29 is 48.7 Å². The number of carbonyl (C=O) groups is 3. The Labute approximate surface area is 237 Å². The summed E-state index contributed by atoms with van der Waals surface area (Å²) >= 11 is 0. The van der Waals surface area contributed by atoms with E-state index in [0.29, 0.717) is 19.8 Å². The molecular weight excluding hydrogens is 538 g/mol. The van der Waals surface area contributed by atoms with Gasteiger partial charge >= 0.3 is 0 Å². The molecule has 0 aliphatic carbocycles. The number of imide groups is 1. The van der Waals surface area contributed by atoms with E-state index in [9.17, 15) is 39.2 Å². The van der Waals surface area contributed by atoms with Crippen molar-refractivity contribution in [2.24, 2.45) is 0 Å². The van der Waals surface area contributed by atoms with Gasteiger partial charge in [0.25, 0.3) is 17.7 Å². The zero-order valence-corrected chi connectivity index (χ0v) is 22.8. The summed E-state index contributed by atoms with van der Waals surface area (Å²) in [6, 6.07) is 8.62. The Bertz CT molecular complexity index is 1430. The van der Waals surface area contributed by atoms with Gasteiger partial charge in [0.05, 0.1) is 24.3 Å². The number of morpholine rings is 1. The monoisotopic (exact) mass is 567 g/mol. The number of rotatable bonds is 6. The van der Waals surface area contributed by atoms with E-state index in [1.54, 1.807) is 17.4 Å². The van der Waals surface area contributed by atoms with E-state index in [2.05, 4.69) is 4.90 Å². The minimum Gasteiger partial charge on any atom is -0.488 e. The lowest BCUT2D eigenvalue weighted by Crippen LogP contribution is -2.81. The second kappa shape index (κ2) is 9.93. The minimum atomic E-state index is -3.33. The number of hydrogen-bond donors (Lipinski definition) is 5. The second-order valence-electron chi connectivity index (χ2n) is 11.2. The van der Waals surface area contributed by atoms with Crippen molar-refractivity contribution in [2.45, 2.75) is 35.5 Å². The number of benzene rings is 2. The average Bonchev–Trinajstić information content (AvgIpc) is 3.12. The zero-order valence-electron chi connectivity index (χ0n) is 22.8. The molecule has 0 saturated carbocycles. The van der Waals surface area contributed by atoms with Crippen molar-refractivity contribution in [3.05, 3.63) is 64.5 Å². The Kier molecular flexibility index (Phi) is 7.08. The third-order valence-corrected chi connectivity index (χ3v) is 8.52. The SMILES string of the molecule is BC1(O)C(=O)NC(=O)C(O)(N2C(=O)c3cccc(OCc4ccc(CN5CCOCC5)cc4F)c3C2(O)O)C1(B)B. The lowest BCUT2D eigenvalue weighted by molar-refractivity contribution is -0.309. The molecule has 0 radical (unpaired) electrons. The molecule has 12 nitrogen and oxygen atoms in total. The van der Waals surface area contributed by atoms with Gasteiger partial charge in [-0.2, -0.15) is 0 Å². The molecule has 5 N–H and O–H groups in total. The van der Waals surface area contributed by atoms with Crippen LogP contribution in [0.4, 0.5) is 4.39 Å². The summed E-state index contributed by atoms with van der Waals surface area (Å²) in [4.78, 5) is 41.1. The number of amides is 3. The molecule has 16 heteroatoms. The number of piperidine rings is 1. The fraction of sp³-hybridized carbons (Fsp3) is 0.400. The van der Waals surface area contributed by atoms with Gasteiger partial charge in [-0.1, -0.05) is 18.2 Å². The zero-order chi connectivity index (χ0) is 30.0. The first-order valence-electron chi connectivity index (χ1n) is 13.1. The number of nitrogens with zero attached hydrogens (tertiary/aromatic N) is 2. The van der Waals surface area contributed by atoms with Crippen LogP contribution < -0.4 is 10.1 Å². The van der Waals surface area contributed by atoms with Crippen LogP contribution >= 0.6 is 0 Å². The van der Waals surface area contributed by atoms with Crippen LogP contribution in [0.1, 0.15) is 27.0 Å². The van der Waals surface area contributed by atoms with Gasteiger partial charge in [0.1, 0.15) is 39.4 Å². The highest BCUT2D eigenvalue weighted by molar-refractivity contribution is 6.52. The fourth-order valence-corrected chi connectivity index (χ4v) is 5.50. The Hall–Kier alpha value is -3.27. The van der Waals surface area contributed by atoms with Crippen molar-refractivity contribution in [3.63, 3.8) is 0 Å². The van der Waals surface area contributed by atoms with Crippen LogP contribution in [0, 0.1) is 5.82 Å². The Morgan fingerprint density at radius 2 is 1.68 bits per heavy atom. The molecule has 5 rings (SSSR count). The summed E-state index contributed by atoms with van der Waals surface area (Å²) in [5.74, 6) is -7.84. The van der Waals surface area contributed by atoms with Crippen LogP contribution in [-0.2, 0) is 33.4 Å². The molecule has 214 valence electrons. The van der Waals surface area contributed by atoms with Gasteiger partial charge < -0.3 is 29.9 Å². The highest BCUT2D eigenvalue weighted by Gasteiger charge is 2.73. The van der Waals surface area contributed by atoms with Gasteiger partial charge in [0, 0.05) is 25.2 Å². The molecule has 2 aromatic rings. The molecule has 3 heterocycles. The summed E-state index contributed by atoms with van der Waals surface area (Å²) in [6.45, 7) is 2.92. The molecule has 3 amide bonds. The van der Waals surface area contributed by atoms with E-state index in [1.807, 2.05) is 0 Å². The lowest BCUT2D eigenvalue weighted by atomic mass is 9.35. The Morgan fingerprint density at radius 3 is 2.34 bits per heavy atom. The number of aliphatic hydroxyl groups is 4. The molecule has 0 bridgehead atoms. The highest BCUT2D eigenvalue weighted by Crippen LogP contribution is 2.53. The first-order chi connectivity index (χ1) is 19.1. The number of carbonyl (C=O) groups excluding carboxylic acids is 3. The van der Waals surface area contributed by atoms with Crippen LogP contribution in [0.5, 0.6) is 5.75 Å².